The van der Waals surface area contributed by atoms with Gasteiger partial charge in [-0.05, 0) is 60.7 Å². The molecule has 218 valence electrons. The van der Waals surface area contributed by atoms with Gasteiger partial charge in [0.15, 0.2) is 11.2 Å². The second-order valence-electron chi connectivity index (χ2n) is 7.72. The molecule has 0 aromatic heterocycles. The molecule has 6 nitrogen and oxygen atoms in total. The van der Waals surface area contributed by atoms with Crippen LogP contribution in [0.4, 0.5) is 0 Å². The topological polar surface area (TPSA) is 89.9 Å². The molecular weight excluding hydrogens is 488 g/mol. The summed E-state index contributed by atoms with van der Waals surface area (Å²) in [6.07, 6.45) is 11.2. The molecule has 0 bridgehead atoms. The molecule has 0 amide bonds. The molecule has 0 saturated heterocycles. The van der Waals surface area contributed by atoms with Crippen LogP contribution in [0.15, 0.2) is 0 Å². The number of aliphatic hydroxyl groups excluding tert-OH is 1. The van der Waals surface area contributed by atoms with E-state index in [1.165, 1.54) is 51.9 Å². The first-order valence-electron chi connectivity index (χ1n) is 12.5. The first-order valence-corrected chi connectivity index (χ1v) is 12.9. The van der Waals surface area contributed by atoms with Crippen LogP contribution >= 0.6 is 12.6 Å². The molecular formula is C30H56O6S. The van der Waals surface area contributed by atoms with Crippen molar-refractivity contribution in [3.05, 3.63) is 0 Å². The molecule has 0 fully saturated rings. The molecule has 0 aliphatic heterocycles. The Labute approximate surface area is 241 Å². The third-order valence-electron chi connectivity index (χ3n) is 4.36. The quantitative estimate of drug-likeness (QED) is 0.0809. The molecule has 0 aliphatic rings. The van der Waals surface area contributed by atoms with Gasteiger partial charge in [-0.1, -0.05) is 70.6 Å². The summed E-state index contributed by atoms with van der Waals surface area (Å²) >= 11 is 3.33. The summed E-state index contributed by atoms with van der Waals surface area (Å²) in [5, 5.41) is 9.18. The Morgan fingerprint density at radius 3 is 1.76 bits per heavy atom. The molecule has 0 rings (SSSR count). The minimum Gasteiger partial charge on any atom is -0.456 e. The summed E-state index contributed by atoms with van der Waals surface area (Å²) in [7, 11) is 0. The number of carbonyl (C=O) groups excluding carboxylic acids is 3. The lowest BCUT2D eigenvalue weighted by molar-refractivity contribution is -0.159. The fourth-order valence-corrected chi connectivity index (χ4v) is 2.66. The summed E-state index contributed by atoms with van der Waals surface area (Å²) in [5.41, 5.74) is 0. The van der Waals surface area contributed by atoms with E-state index in [9.17, 15) is 19.5 Å². The second kappa shape index (κ2) is 29.0. The van der Waals surface area contributed by atoms with Crippen molar-refractivity contribution in [2.24, 2.45) is 0 Å². The van der Waals surface area contributed by atoms with Gasteiger partial charge in [-0.25, -0.2) is 4.79 Å². The minimum absolute atomic E-state index is 0. The molecule has 0 heterocycles. The highest BCUT2D eigenvalue weighted by Gasteiger charge is 2.15. The van der Waals surface area contributed by atoms with E-state index < -0.39 is 24.6 Å². The second-order valence-corrected chi connectivity index (χ2v) is 8.35. The molecule has 0 spiro atoms. The number of rotatable bonds is 15. The van der Waals surface area contributed by atoms with E-state index in [0.717, 1.165) is 19.3 Å². The van der Waals surface area contributed by atoms with Gasteiger partial charge in [0.25, 0.3) is 0 Å². The molecule has 0 saturated carbocycles. The van der Waals surface area contributed by atoms with Crippen LogP contribution in [-0.4, -0.2) is 41.5 Å². The monoisotopic (exact) mass is 544 g/mol. The van der Waals surface area contributed by atoms with Crippen LogP contribution in [-0.2, 0) is 23.9 Å². The van der Waals surface area contributed by atoms with Gasteiger partial charge in [-0.3, -0.25) is 9.59 Å². The zero-order chi connectivity index (χ0) is 28.0. The highest BCUT2D eigenvalue weighted by Crippen LogP contribution is 2.11. The number of ether oxygens (including phenoxy) is 2. The Morgan fingerprint density at radius 2 is 1.27 bits per heavy atom. The van der Waals surface area contributed by atoms with Crippen LogP contribution < -0.4 is 0 Å². The lowest BCUT2D eigenvalue weighted by atomic mass is 10.1. The van der Waals surface area contributed by atoms with Crippen LogP contribution in [0.1, 0.15) is 104 Å². The Bertz CT molecular complexity index is 1000. The van der Waals surface area contributed by atoms with E-state index in [-0.39, 0.29) is 31.0 Å². The number of thiol groups is 1. The summed E-state index contributed by atoms with van der Waals surface area (Å²) in [4.78, 5) is 32.8. The highest BCUT2D eigenvalue weighted by atomic mass is 32.1. The predicted molar refractivity (Wildman–Crippen MR) is 168 cm³/mol. The Morgan fingerprint density at radius 1 is 0.811 bits per heavy atom. The standard InChI is InChI=1S/C28H34O5.C2H4OS.9H2/c1-3-5-7-9-11-13-15-17-19-21-23-28(31)33-26(24-29)25-32-27(30)22-20-18-16-14-12-10-8-6-4-2;1-2(3)4;;;;;;;;;/h26,29H,3,5,7,9,11,13,15,17,19,21,23-25H2,1-2H3;1H3,(H,3,4);9*1H/t26-;;;;;;;;;;/m0........../s1. The van der Waals surface area contributed by atoms with Crippen molar-refractivity contribution in [1.29, 1.82) is 0 Å². The number of hydrogen-bond acceptors (Lipinski definition) is 6. The number of aliphatic hydroxyl groups is 1. The van der Waals surface area contributed by atoms with Crippen LogP contribution in [0.2, 0.25) is 0 Å². The van der Waals surface area contributed by atoms with Gasteiger partial charge in [0, 0.05) is 32.1 Å². The fraction of sp³-hybridized carbons (Fsp3) is 0.567. The largest absolute Gasteiger partial charge is 0.456 e. The summed E-state index contributed by atoms with van der Waals surface area (Å²) in [6, 6.07) is 0. The van der Waals surface area contributed by atoms with Gasteiger partial charge in [0.2, 0.25) is 0 Å². The van der Waals surface area contributed by atoms with Crippen LogP contribution in [0.25, 0.3) is 0 Å². The third-order valence-corrected chi connectivity index (χ3v) is 4.36. The maximum atomic E-state index is 11.9. The smallest absolute Gasteiger partial charge is 0.385 e. The van der Waals surface area contributed by atoms with Crippen molar-refractivity contribution in [1.82, 2.24) is 0 Å². The molecule has 0 unspecified atom stereocenters. The number of hydrogen-bond donors (Lipinski definition) is 2. The third kappa shape index (κ3) is 32.7. The molecule has 0 radical (unpaired) electrons. The molecule has 0 aliphatic carbocycles. The van der Waals surface area contributed by atoms with Gasteiger partial charge < -0.3 is 14.6 Å². The average molecular weight is 545 g/mol. The SMILES string of the molecule is CC#CC#CC#CC#CC#CC(=O)OC[C@H](CO)OC(=O)CCCCCCCCCCCC.CC(=O)S.[HH].[HH].[HH].[HH].[HH].[HH].[HH].[HH].[HH]. The van der Waals surface area contributed by atoms with Gasteiger partial charge in [0.05, 0.1) is 6.61 Å². The van der Waals surface area contributed by atoms with Gasteiger partial charge in [-0.15, -0.1) is 12.6 Å². The van der Waals surface area contributed by atoms with E-state index in [1.807, 2.05) is 0 Å². The van der Waals surface area contributed by atoms with Crippen molar-refractivity contribution in [3.63, 3.8) is 0 Å². The van der Waals surface area contributed by atoms with Gasteiger partial charge >= 0.3 is 11.9 Å². The molecule has 7 heteroatoms. The maximum Gasteiger partial charge on any atom is 0.385 e. The fourth-order valence-electron chi connectivity index (χ4n) is 2.66. The summed E-state index contributed by atoms with van der Waals surface area (Å²) in [5.74, 6) is 23.0. The highest BCUT2D eigenvalue weighted by molar-refractivity contribution is 7.96. The first kappa shape index (κ1) is 35.9. The zero-order valence-corrected chi connectivity index (χ0v) is 23.1. The Hall–Kier alpha value is -3.28. The number of carbonyl (C=O) groups is 3. The average Bonchev–Trinajstić information content (AvgIpc) is 2.86. The molecule has 0 aromatic carbocycles. The predicted octanol–water partition coefficient (Wildman–Crippen LogP) is 6.46. The maximum absolute atomic E-state index is 11.9. The molecule has 1 N–H and O–H groups in total. The lowest BCUT2D eigenvalue weighted by Crippen LogP contribution is -2.28. The normalized spacial score (nSPS) is 9.22. The zero-order valence-electron chi connectivity index (χ0n) is 22.2. The summed E-state index contributed by atoms with van der Waals surface area (Å²) in [6.45, 7) is 4.57. The van der Waals surface area contributed by atoms with E-state index in [4.69, 9.17) is 9.47 Å². The Kier molecular flexibility index (Phi) is 28.1. The van der Waals surface area contributed by atoms with E-state index in [1.54, 1.807) is 6.92 Å². The van der Waals surface area contributed by atoms with Crippen molar-refractivity contribution in [2.75, 3.05) is 13.2 Å². The molecule has 1 atom stereocenters. The van der Waals surface area contributed by atoms with Crippen LogP contribution in [0, 0.1) is 59.2 Å². The molecule has 37 heavy (non-hydrogen) atoms. The van der Waals surface area contributed by atoms with Crippen molar-refractivity contribution in [2.45, 2.75) is 97.5 Å². The van der Waals surface area contributed by atoms with E-state index >= 15 is 0 Å². The van der Waals surface area contributed by atoms with Crippen molar-refractivity contribution in [3.8, 4) is 59.2 Å². The molecule has 0 aromatic rings. The number of unbranched alkanes of at least 4 members (excludes halogenated alkanes) is 9. The Balaban J connectivity index is -0.0000000985. The first-order chi connectivity index (χ1) is 17.9. The van der Waals surface area contributed by atoms with Crippen molar-refractivity contribution >= 4 is 29.7 Å². The van der Waals surface area contributed by atoms with Crippen LogP contribution in [0.5, 0.6) is 0 Å². The van der Waals surface area contributed by atoms with Gasteiger partial charge in [-0.2, -0.15) is 0 Å². The van der Waals surface area contributed by atoms with E-state index in [2.05, 4.69) is 78.8 Å². The van der Waals surface area contributed by atoms with E-state index in [0.29, 0.717) is 0 Å². The van der Waals surface area contributed by atoms with Crippen LogP contribution in [0.3, 0.4) is 0 Å². The number of esters is 2. The minimum atomic E-state index is -0.909. The van der Waals surface area contributed by atoms with Gasteiger partial charge in [0.1, 0.15) is 6.61 Å². The van der Waals surface area contributed by atoms with Crippen molar-refractivity contribution < 1.29 is 41.8 Å². The lowest BCUT2D eigenvalue weighted by Gasteiger charge is -2.14. The summed E-state index contributed by atoms with van der Waals surface area (Å²) < 4.78 is 10.0.